The smallest absolute Gasteiger partial charge is 0.340 e. The molecule has 0 unspecified atom stereocenters. The molecule has 5 nitrogen and oxygen atoms in total. The first-order valence-electron chi connectivity index (χ1n) is 6.47. The van der Waals surface area contributed by atoms with Crippen molar-refractivity contribution in [1.29, 1.82) is 5.26 Å². The van der Waals surface area contributed by atoms with E-state index in [0.717, 1.165) is 23.5 Å². The summed E-state index contributed by atoms with van der Waals surface area (Å²) >= 11 is 12.5. The Morgan fingerprint density at radius 1 is 1.38 bits per heavy atom. The lowest BCUT2D eigenvalue weighted by Gasteiger charge is -2.13. The van der Waals surface area contributed by atoms with Gasteiger partial charge in [-0.3, -0.25) is 4.79 Å². The number of nitrogens with one attached hydrogen (secondary N) is 1. The van der Waals surface area contributed by atoms with E-state index in [-0.39, 0.29) is 15.6 Å². The first-order chi connectivity index (χ1) is 11.3. The van der Waals surface area contributed by atoms with Gasteiger partial charge in [0.1, 0.15) is 16.9 Å². The summed E-state index contributed by atoms with van der Waals surface area (Å²) in [7, 11) is 0. The van der Waals surface area contributed by atoms with Gasteiger partial charge >= 0.3 is 5.97 Å². The van der Waals surface area contributed by atoms with Crippen LogP contribution in [-0.2, 0) is 9.53 Å². The predicted octanol–water partition coefficient (Wildman–Crippen LogP) is 4.25. The Kier molecular flexibility index (Phi) is 5.78. The number of ether oxygens (including phenoxy) is 1. The highest BCUT2D eigenvalue weighted by molar-refractivity contribution is 7.14. The Morgan fingerprint density at radius 2 is 2.08 bits per heavy atom. The molecule has 24 heavy (non-hydrogen) atoms. The molecule has 124 valence electrons. The van der Waals surface area contributed by atoms with Crippen molar-refractivity contribution in [1.82, 2.24) is 0 Å². The molecular weight excluding hydrogens is 378 g/mol. The minimum Gasteiger partial charge on any atom is -0.449 e. The van der Waals surface area contributed by atoms with E-state index in [2.05, 4.69) is 5.32 Å². The summed E-state index contributed by atoms with van der Waals surface area (Å²) in [6, 6.07) is 5.38. The SMILES string of the molecule is C[C@@H](OC(=O)c1cc(F)c(Cl)cc1Cl)C(=O)Nc1sccc1C#N. The Hall–Kier alpha value is -2.14. The summed E-state index contributed by atoms with van der Waals surface area (Å²) in [6.45, 7) is 1.34. The molecule has 1 aromatic carbocycles. The van der Waals surface area contributed by atoms with E-state index in [1.807, 2.05) is 6.07 Å². The Balaban J connectivity index is 2.07. The van der Waals surface area contributed by atoms with Gasteiger partial charge in [-0.25, -0.2) is 9.18 Å². The summed E-state index contributed by atoms with van der Waals surface area (Å²) < 4.78 is 18.4. The molecule has 2 aromatic rings. The number of nitriles is 1. The highest BCUT2D eigenvalue weighted by atomic mass is 35.5. The van der Waals surface area contributed by atoms with Gasteiger partial charge in [-0.15, -0.1) is 11.3 Å². The zero-order chi connectivity index (χ0) is 17.9. The quantitative estimate of drug-likeness (QED) is 0.629. The monoisotopic (exact) mass is 386 g/mol. The fourth-order valence-corrected chi connectivity index (χ4v) is 2.86. The maximum atomic E-state index is 13.4. The topological polar surface area (TPSA) is 79.2 Å². The molecule has 0 saturated carbocycles. The standard InChI is InChI=1S/C15H9Cl2FN2O3S/c1-7(13(21)20-14-8(6-19)2-3-24-14)23-15(22)9-4-12(18)11(17)5-10(9)16/h2-5,7H,1H3,(H,20,21)/t7-/m1/s1. The van der Waals surface area contributed by atoms with Gasteiger partial charge in [0.2, 0.25) is 0 Å². The molecule has 0 spiro atoms. The molecule has 0 bridgehead atoms. The van der Waals surface area contributed by atoms with Crippen molar-refractivity contribution in [2.24, 2.45) is 0 Å². The van der Waals surface area contributed by atoms with Crippen molar-refractivity contribution in [2.45, 2.75) is 13.0 Å². The van der Waals surface area contributed by atoms with Crippen LogP contribution in [0.25, 0.3) is 0 Å². The number of hydrogen-bond donors (Lipinski definition) is 1. The van der Waals surface area contributed by atoms with Crippen molar-refractivity contribution in [3.8, 4) is 6.07 Å². The van der Waals surface area contributed by atoms with Gasteiger partial charge in [0.15, 0.2) is 6.10 Å². The van der Waals surface area contributed by atoms with E-state index in [1.165, 1.54) is 6.92 Å². The number of halogens is 3. The number of carbonyl (C=O) groups is 2. The van der Waals surface area contributed by atoms with Gasteiger partial charge < -0.3 is 10.1 Å². The Bertz CT molecular complexity index is 848. The summed E-state index contributed by atoms with van der Waals surface area (Å²) in [5.74, 6) is -2.43. The number of carbonyl (C=O) groups excluding carboxylic acids is 2. The van der Waals surface area contributed by atoms with Crippen LogP contribution in [0.4, 0.5) is 9.39 Å². The van der Waals surface area contributed by atoms with Crippen LogP contribution in [0.1, 0.15) is 22.8 Å². The lowest BCUT2D eigenvalue weighted by atomic mass is 10.2. The average molecular weight is 387 g/mol. The number of nitrogens with zero attached hydrogens (tertiary/aromatic N) is 1. The zero-order valence-electron chi connectivity index (χ0n) is 12.1. The maximum absolute atomic E-state index is 13.4. The lowest BCUT2D eigenvalue weighted by molar-refractivity contribution is -0.123. The summed E-state index contributed by atoms with van der Waals surface area (Å²) in [5, 5.41) is 13.0. The van der Waals surface area contributed by atoms with Crippen LogP contribution in [0.15, 0.2) is 23.6 Å². The van der Waals surface area contributed by atoms with Gasteiger partial charge in [0.05, 0.1) is 21.2 Å². The number of esters is 1. The molecule has 0 aliphatic carbocycles. The molecule has 9 heteroatoms. The molecule has 1 atom stereocenters. The molecule has 0 fully saturated rings. The fraction of sp³-hybridized carbons (Fsp3) is 0.133. The Morgan fingerprint density at radius 3 is 2.75 bits per heavy atom. The highest BCUT2D eigenvalue weighted by Crippen LogP contribution is 2.26. The number of anilines is 1. The van der Waals surface area contributed by atoms with Crippen LogP contribution in [0, 0.1) is 17.1 Å². The average Bonchev–Trinajstić information content (AvgIpc) is 2.97. The van der Waals surface area contributed by atoms with Gasteiger partial charge in [-0.05, 0) is 30.5 Å². The molecule has 1 heterocycles. The van der Waals surface area contributed by atoms with E-state index < -0.39 is 23.8 Å². The van der Waals surface area contributed by atoms with E-state index in [4.69, 9.17) is 33.2 Å². The maximum Gasteiger partial charge on any atom is 0.340 e. The van der Waals surface area contributed by atoms with Crippen molar-refractivity contribution >= 4 is 51.4 Å². The van der Waals surface area contributed by atoms with Gasteiger partial charge in [-0.2, -0.15) is 5.26 Å². The third-order valence-electron chi connectivity index (χ3n) is 2.91. The summed E-state index contributed by atoms with van der Waals surface area (Å²) in [5.41, 5.74) is 0.0572. The number of thiophene rings is 1. The highest BCUT2D eigenvalue weighted by Gasteiger charge is 2.23. The normalized spacial score (nSPS) is 11.5. The van der Waals surface area contributed by atoms with Crippen LogP contribution >= 0.6 is 34.5 Å². The first-order valence-corrected chi connectivity index (χ1v) is 8.11. The van der Waals surface area contributed by atoms with Crippen LogP contribution < -0.4 is 5.32 Å². The number of amides is 1. The molecule has 1 N–H and O–H groups in total. The van der Waals surface area contributed by atoms with Crippen molar-refractivity contribution in [2.75, 3.05) is 5.32 Å². The van der Waals surface area contributed by atoms with Gasteiger partial charge in [0.25, 0.3) is 5.91 Å². The third kappa shape index (κ3) is 4.03. The van der Waals surface area contributed by atoms with E-state index in [0.29, 0.717) is 10.6 Å². The van der Waals surface area contributed by atoms with E-state index in [1.54, 1.807) is 11.4 Å². The molecule has 0 saturated heterocycles. The molecule has 2 rings (SSSR count). The van der Waals surface area contributed by atoms with Crippen molar-refractivity contribution in [3.63, 3.8) is 0 Å². The molecular formula is C15H9Cl2FN2O3S. The predicted molar refractivity (Wildman–Crippen MR) is 89.0 cm³/mol. The molecule has 0 aliphatic rings. The van der Waals surface area contributed by atoms with Crippen LogP contribution in [0.3, 0.4) is 0 Å². The summed E-state index contributed by atoms with van der Waals surface area (Å²) in [6.07, 6.45) is -1.18. The van der Waals surface area contributed by atoms with Crippen molar-refractivity contribution < 1.29 is 18.7 Å². The van der Waals surface area contributed by atoms with Gasteiger partial charge in [-0.1, -0.05) is 23.2 Å². The zero-order valence-corrected chi connectivity index (χ0v) is 14.4. The fourth-order valence-electron chi connectivity index (χ4n) is 1.66. The Labute approximate surface area is 150 Å². The summed E-state index contributed by atoms with van der Waals surface area (Å²) in [4.78, 5) is 24.1. The number of benzene rings is 1. The number of hydrogen-bond acceptors (Lipinski definition) is 5. The van der Waals surface area contributed by atoms with Crippen LogP contribution in [-0.4, -0.2) is 18.0 Å². The second-order valence-electron chi connectivity index (χ2n) is 4.56. The molecule has 1 aromatic heterocycles. The largest absolute Gasteiger partial charge is 0.449 e. The molecule has 0 radical (unpaired) electrons. The second-order valence-corrected chi connectivity index (χ2v) is 6.29. The molecule has 0 aliphatic heterocycles. The van der Waals surface area contributed by atoms with E-state index >= 15 is 0 Å². The first kappa shape index (κ1) is 18.2. The second kappa shape index (κ2) is 7.62. The third-order valence-corrected chi connectivity index (χ3v) is 4.34. The van der Waals surface area contributed by atoms with Crippen molar-refractivity contribution in [3.05, 3.63) is 50.6 Å². The number of rotatable bonds is 4. The lowest BCUT2D eigenvalue weighted by Crippen LogP contribution is -2.30. The van der Waals surface area contributed by atoms with Crippen LogP contribution in [0.2, 0.25) is 10.0 Å². The van der Waals surface area contributed by atoms with E-state index in [9.17, 15) is 14.0 Å². The minimum absolute atomic E-state index is 0.0935. The van der Waals surface area contributed by atoms with Crippen LogP contribution in [0.5, 0.6) is 0 Å². The minimum atomic E-state index is -1.18. The molecule has 1 amide bonds. The van der Waals surface area contributed by atoms with Gasteiger partial charge in [0, 0.05) is 0 Å².